The number of aromatic nitrogens is 1. The summed E-state index contributed by atoms with van der Waals surface area (Å²) in [5, 5.41) is 2.22. The molecule has 1 amide bonds. The van der Waals surface area contributed by atoms with Crippen LogP contribution in [0.25, 0.3) is 0 Å². The number of carbonyl (C=O) groups is 1. The molecule has 0 aromatic carbocycles. The number of pyridine rings is 1. The highest BCUT2D eigenvalue weighted by atomic mass is 79.9. The fourth-order valence-corrected chi connectivity index (χ4v) is 1.66. The van der Waals surface area contributed by atoms with E-state index < -0.39 is 24.5 Å². The van der Waals surface area contributed by atoms with E-state index in [0.717, 1.165) is 0 Å². The molecule has 1 heterocycles. The lowest BCUT2D eigenvalue weighted by molar-refractivity contribution is -0.138. The molecule has 0 aliphatic carbocycles. The van der Waals surface area contributed by atoms with Crippen molar-refractivity contribution in [2.24, 2.45) is 0 Å². The average molecular weight is 326 g/mol. The maximum atomic E-state index is 12.1. The van der Waals surface area contributed by atoms with Crippen molar-refractivity contribution >= 4 is 27.7 Å². The Morgan fingerprint density at radius 3 is 2.78 bits per heavy atom. The first kappa shape index (κ1) is 14.7. The second-order valence-electron chi connectivity index (χ2n) is 3.78. The Morgan fingerprint density at radius 1 is 1.61 bits per heavy atom. The number of halogens is 4. The van der Waals surface area contributed by atoms with Crippen molar-refractivity contribution in [2.45, 2.75) is 25.6 Å². The van der Waals surface area contributed by atoms with Gasteiger partial charge in [-0.2, -0.15) is 13.2 Å². The van der Waals surface area contributed by atoms with Crippen molar-refractivity contribution < 1.29 is 18.0 Å². The molecule has 0 aliphatic heterocycles. The quantitative estimate of drug-likeness (QED) is 0.897. The number of amides is 1. The smallest absolute Gasteiger partial charge is 0.383 e. The number of alkyl halides is 3. The van der Waals surface area contributed by atoms with Gasteiger partial charge in [0, 0.05) is 16.7 Å². The molecule has 0 fully saturated rings. The van der Waals surface area contributed by atoms with Gasteiger partial charge < -0.3 is 11.1 Å². The first-order valence-corrected chi connectivity index (χ1v) is 5.77. The van der Waals surface area contributed by atoms with E-state index in [1.54, 1.807) is 0 Å². The van der Waals surface area contributed by atoms with E-state index in [1.165, 1.54) is 19.2 Å². The van der Waals surface area contributed by atoms with Crippen LogP contribution >= 0.6 is 15.9 Å². The summed E-state index contributed by atoms with van der Waals surface area (Å²) in [4.78, 5) is 15.4. The van der Waals surface area contributed by atoms with E-state index in [0.29, 0.717) is 4.47 Å². The molecular weight excluding hydrogens is 315 g/mol. The Labute approximate surface area is 110 Å². The lowest BCUT2D eigenvalue weighted by Gasteiger charge is -2.16. The molecule has 1 aromatic heterocycles. The molecule has 18 heavy (non-hydrogen) atoms. The van der Waals surface area contributed by atoms with Gasteiger partial charge in [0.2, 0.25) is 0 Å². The SMILES string of the molecule is CC(CC(F)(F)F)NC(=O)c1cc(Br)cnc1N. The van der Waals surface area contributed by atoms with E-state index in [-0.39, 0.29) is 11.4 Å². The molecule has 1 aromatic rings. The normalized spacial score (nSPS) is 13.2. The Kier molecular flexibility index (Phi) is 4.55. The summed E-state index contributed by atoms with van der Waals surface area (Å²) in [7, 11) is 0. The van der Waals surface area contributed by atoms with Crippen LogP contribution in [-0.4, -0.2) is 23.1 Å². The van der Waals surface area contributed by atoms with E-state index in [1.807, 2.05) is 0 Å². The topological polar surface area (TPSA) is 68.0 Å². The lowest BCUT2D eigenvalue weighted by Crippen LogP contribution is -2.36. The molecular formula is C10H11BrF3N3O. The van der Waals surface area contributed by atoms with Gasteiger partial charge in [-0.3, -0.25) is 4.79 Å². The maximum Gasteiger partial charge on any atom is 0.391 e. The Hall–Kier alpha value is -1.31. The zero-order chi connectivity index (χ0) is 13.9. The third kappa shape index (κ3) is 4.52. The zero-order valence-corrected chi connectivity index (χ0v) is 11.0. The van der Waals surface area contributed by atoms with Gasteiger partial charge in [0.1, 0.15) is 5.82 Å². The van der Waals surface area contributed by atoms with E-state index >= 15 is 0 Å². The van der Waals surface area contributed by atoms with Crippen LogP contribution in [0.3, 0.4) is 0 Å². The van der Waals surface area contributed by atoms with Gasteiger partial charge in [0.25, 0.3) is 5.91 Å². The average Bonchev–Trinajstić information content (AvgIpc) is 2.18. The van der Waals surface area contributed by atoms with Gasteiger partial charge in [0.15, 0.2) is 0 Å². The van der Waals surface area contributed by atoms with Crippen LogP contribution in [0.4, 0.5) is 19.0 Å². The number of hydrogen-bond donors (Lipinski definition) is 2. The highest BCUT2D eigenvalue weighted by Crippen LogP contribution is 2.22. The summed E-state index contributed by atoms with van der Waals surface area (Å²) < 4.78 is 36.8. The highest BCUT2D eigenvalue weighted by Gasteiger charge is 2.30. The van der Waals surface area contributed by atoms with E-state index in [2.05, 4.69) is 26.2 Å². The van der Waals surface area contributed by atoms with Crippen molar-refractivity contribution in [3.8, 4) is 0 Å². The van der Waals surface area contributed by atoms with Crippen LogP contribution in [0, 0.1) is 0 Å². The summed E-state index contributed by atoms with van der Waals surface area (Å²) in [6.07, 6.45) is -4.03. The number of nitrogens with one attached hydrogen (secondary N) is 1. The minimum absolute atomic E-state index is 0.0325. The van der Waals surface area contributed by atoms with Gasteiger partial charge in [-0.15, -0.1) is 0 Å². The Morgan fingerprint density at radius 2 is 2.22 bits per heavy atom. The maximum absolute atomic E-state index is 12.1. The van der Waals surface area contributed by atoms with Crippen molar-refractivity contribution in [1.82, 2.24) is 10.3 Å². The number of carbonyl (C=O) groups excluding carboxylic acids is 1. The van der Waals surface area contributed by atoms with Gasteiger partial charge in [0.05, 0.1) is 12.0 Å². The molecule has 8 heteroatoms. The second-order valence-corrected chi connectivity index (χ2v) is 4.70. The van der Waals surface area contributed by atoms with Gasteiger partial charge in [-0.05, 0) is 28.9 Å². The zero-order valence-electron chi connectivity index (χ0n) is 9.38. The first-order chi connectivity index (χ1) is 8.19. The predicted octanol–water partition coefficient (Wildman–Crippen LogP) is 2.50. The molecule has 0 saturated carbocycles. The van der Waals surface area contributed by atoms with Crippen LogP contribution in [0.2, 0.25) is 0 Å². The van der Waals surface area contributed by atoms with Gasteiger partial charge in [-0.25, -0.2) is 4.98 Å². The lowest BCUT2D eigenvalue weighted by atomic mass is 10.2. The number of nitrogens with two attached hydrogens (primary N) is 1. The van der Waals surface area contributed by atoms with Gasteiger partial charge >= 0.3 is 6.18 Å². The molecule has 0 saturated heterocycles. The molecule has 1 rings (SSSR count). The van der Waals surface area contributed by atoms with Crippen molar-refractivity contribution in [3.63, 3.8) is 0 Å². The molecule has 3 N–H and O–H groups in total. The monoisotopic (exact) mass is 325 g/mol. The molecule has 1 unspecified atom stereocenters. The van der Waals surface area contributed by atoms with Crippen molar-refractivity contribution in [2.75, 3.05) is 5.73 Å². The van der Waals surface area contributed by atoms with E-state index in [4.69, 9.17) is 5.73 Å². The number of anilines is 1. The third-order valence-electron chi connectivity index (χ3n) is 2.04. The molecule has 100 valence electrons. The molecule has 0 aliphatic rings. The van der Waals surface area contributed by atoms with Crippen LogP contribution < -0.4 is 11.1 Å². The summed E-state index contributed by atoms with van der Waals surface area (Å²) in [5.74, 6) is -0.715. The Balaban J connectivity index is 2.74. The summed E-state index contributed by atoms with van der Waals surface area (Å²) in [5.41, 5.74) is 5.52. The molecule has 4 nitrogen and oxygen atoms in total. The second kappa shape index (κ2) is 5.55. The number of nitrogen functional groups attached to an aromatic ring is 1. The van der Waals surface area contributed by atoms with Crippen molar-refractivity contribution in [1.29, 1.82) is 0 Å². The van der Waals surface area contributed by atoms with Gasteiger partial charge in [-0.1, -0.05) is 0 Å². The first-order valence-electron chi connectivity index (χ1n) is 4.97. The van der Waals surface area contributed by atoms with E-state index in [9.17, 15) is 18.0 Å². The fourth-order valence-electron chi connectivity index (χ4n) is 1.33. The number of rotatable bonds is 3. The third-order valence-corrected chi connectivity index (χ3v) is 2.48. The summed E-state index contributed by atoms with van der Waals surface area (Å²) in [6, 6.07) is 0.369. The van der Waals surface area contributed by atoms with Crippen LogP contribution in [-0.2, 0) is 0 Å². The van der Waals surface area contributed by atoms with Crippen LogP contribution in [0.1, 0.15) is 23.7 Å². The number of hydrogen-bond acceptors (Lipinski definition) is 3. The van der Waals surface area contributed by atoms with Crippen LogP contribution in [0.15, 0.2) is 16.7 Å². The number of nitrogens with zero attached hydrogens (tertiary/aromatic N) is 1. The standard InChI is InChI=1S/C10H11BrF3N3O/c1-5(3-10(12,13)14)17-9(18)7-2-6(11)4-16-8(7)15/h2,4-5H,3H2,1H3,(H2,15,16)(H,17,18). The minimum atomic E-state index is -4.33. The fraction of sp³-hybridized carbons (Fsp3) is 0.400. The van der Waals surface area contributed by atoms with Crippen LogP contribution in [0.5, 0.6) is 0 Å². The highest BCUT2D eigenvalue weighted by molar-refractivity contribution is 9.10. The molecule has 0 spiro atoms. The molecule has 0 bridgehead atoms. The summed E-state index contributed by atoms with van der Waals surface area (Å²) in [6.45, 7) is 1.27. The minimum Gasteiger partial charge on any atom is -0.383 e. The van der Waals surface area contributed by atoms with Crippen molar-refractivity contribution in [3.05, 3.63) is 22.3 Å². The Bertz CT molecular complexity index is 450. The molecule has 1 atom stereocenters. The summed E-state index contributed by atoms with van der Waals surface area (Å²) >= 11 is 3.10. The molecule has 0 radical (unpaired) electrons. The predicted molar refractivity (Wildman–Crippen MR) is 63.9 cm³/mol. The largest absolute Gasteiger partial charge is 0.391 e.